The van der Waals surface area contributed by atoms with Crippen molar-refractivity contribution in [3.8, 4) is 5.69 Å². The predicted octanol–water partition coefficient (Wildman–Crippen LogP) is 3.30. The third kappa shape index (κ3) is 4.14. The van der Waals surface area contributed by atoms with E-state index >= 15 is 0 Å². The fourth-order valence-corrected chi connectivity index (χ4v) is 3.31. The van der Waals surface area contributed by atoms with Gasteiger partial charge < -0.3 is 5.32 Å². The molecule has 29 heavy (non-hydrogen) atoms. The Kier molecular flexibility index (Phi) is 5.98. The van der Waals surface area contributed by atoms with Crippen LogP contribution in [0.5, 0.6) is 0 Å². The molecular formula is C22H25FN4O2. The number of hydrogen-bond acceptors (Lipinski definition) is 3. The van der Waals surface area contributed by atoms with Crippen LogP contribution in [0.15, 0.2) is 59.4 Å². The van der Waals surface area contributed by atoms with Crippen molar-refractivity contribution in [1.82, 2.24) is 14.7 Å². The highest BCUT2D eigenvalue weighted by Gasteiger charge is 2.22. The summed E-state index contributed by atoms with van der Waals surface area (Å²) in [7, 11) is 1.77. The van der Waals surface area contributed by atoms with Crippen LogP contribution >= 0.6 is 0 Å². The smallest absolute Gasteiger partial charge is 0.295 e. The van der Waals surface area contributed by atoms with E-state index in [1.165, 1.54) is 10.7 Å². The predicted molar refractivity (Wildman–Crippen MR) is 112 cm³/mol. The Bertz CT molecular complexity index is 1070. The van der Waals surface area contributed by atoms with E-state index < -0.39 is 6.04 Å². The molecule has 2 aromatic carbocycles. The molecule has 0 saturated carbocycles. The summed E-state index contributed by atoms with van der Waals surface area (Å²) < 4.78 is 17.2. The zero-order valence-corrected chi connectivity index (χ0v) is 16.9. The lowest BCUT2D eigenvalue weighted by Crippen LogP contribution is -2.40. The lowest BCUT2D eigenvalue weighted by molar-refractivity contribution is -0.118. The molecule has 0 bridgehead atoms. The van der Waals surface area contributed by atoms with Gasteiger partial charge in [-0.15, -0.1) is 0 Å². The number of benzene rings is 2. The number of rotatable bonds is 6. The van der Waals surface area contributed by atoms with E-state index in [0.29, 0.717) is 16.9 Å². The number of hydrogen-bond donors (Lipinski definition) is 2. The minimum atomic E-state index is -0.631. The van der Waals surface area contributed by atoms with Crippen molar-refractivity contribution >= 4 is 11.6 Å². The molecule has 6 nitrogen and oxygen atoms in total. The van der Waals surface area contributed by atoms with Crippen LogP contribution in [0.1, 0.15) is 31.1 Å². The molecule has 0 aliphatic carbocycles. The van der Waals surface area contributed by atoms with Crippen LogP contribution in [-0.4, -0.2) is 21.3 Å². The monoisotopic (exact) mass is 396 g/mol. The van der Waals surface area contributed by atoms with Crippen molar-refractivity contribution in [2.24, 2.45) is 7.05 Å². The highest BCUT2D eigenvalue weighted by Crippen LogP contribution is 2.18. The topological polar surface area (TPSA) is 68.1 Å². The van der Waals surface area contributed by atoms with Crippen molar-refractivity contribution in [2.75, 3.05) is 5.32 Å². The average Bonchev–Trinajstić information content (AvgIpc) is 2.92. The highest BCUT2D eigenvalue weighted by molar-refractivity contribution is 5.95. The van der Waals surface area contributed by atoms with Crippen molar-refractivity contribution in [3.05, 3.63) is 82.0 Å². The summed E-state index contributed by atoms with van der Waals surface area (Å²) in [4.78, 5) is 25.6. The molecule has 3 aromatic rings. The second-order valence-corrected chi connectivity index (χ2v) is 7.06. The largest absolute Gasteiger partial charge is 0.319 e. The van der Waals surface area contributed by atoms with Crippen molar-refractivity contribution in [3.63, 3.8) is 0 Å². The Labute approximate surface area is 169 Å². The van der Waals surface area contributed by atoms with Crippen molar-refractivity contribution in [2.45, 2.75) is 32.9 Å². The van der Waals surface area contributed by atoms with Gasteiger partial charge in [0.2, 0.25) is 5.91 Å². The van der Waals surface area contributed by atoms with Gasteiger partial charge >= 0.3 is 0 Å². The Morgan fingerprint density at radius 3 is 2.31 bits per heavy atom. The average molecular weight is 396 g/mol. The van der Waals surface area contributed by atoms with E-state index in [2.05, 4.69) is 10.6 Å². The van der Waals surface area contributed by atoms with Crippen LogP contribution in [0.4, 0.5) is 10.1 Å². The fourth-order valence-electron chi connectivity index (χ4n) is 3.31. The van der Waals surface area contributed by atoms with Gasteiger partial charge in [-0.25, -0.2) is 9.07 Å². The number of nitrogens with one attached hydrogen (secondary N) is 2. The van der Waals surface area contributed by atoms with E-state index in [9.17, 15) is 14.0 Å². The third-order valence-corrected chi connectivity index (χ3v) is 5.07. The van der Waals surface area contributed by atoms with Gasteiger partial charge in [0.05, 0.1) is 17.4 Å². The van der Waals surface area contributed by atoms with Gasteiger partial charge in [-0.3, -0.25) is 19.6 Å². The summed E-state index contributed by atoms with van der Waals surface area (Å²) in [5.74, 6) is -0.691. The number of carbonyl (C=O) groups is 1. The molecule has 2 unspecified atom stereocenters. The zero-order valence-electron chi connectivity index (χ0n) is 16.9. The highest BCUT2D eigenvalue weighted by atomic mass is 19.1. The first-order chi connectivity index (χ1) is 13.8. The Morgan fingerprint density at radius 2 is 1.66 bits per heavy atom. The van der Waals surface area contributed by atoms with E-state index in [1.54, 1.807) is 50.7 Å². The maximum Gasteiger partial charge on any atom is 0.295 e. The summed E-state index contributed by atoms with van der Waals surface area (Å²) >= 11 is 0. The molecule has 0 radical (unpaired) electrons. The second-order valence-electron chi connectivity index (χ2n) is 7.06. The van der Waals surface area contributed by atoms with Gasteiger partial charge in [0.25, 0.3) is 5.56 Å². The number of anilines is 1. The number of amides is 1. The van der Waals surface area contributed by atoms with Crippen LogP contribution in [0.3, 0.4) is 0 Å². The minimum Gasteiger partial charge on any atom is -0.319 e. The first-order valence-corrected chi connectivity index (χ1v) is 9.46. The normalized spacial score (nSPS) is 13.1. The van der Waals surface area contributed by atoms with Crippen molar-refractivity contribution in [1.29, 1.82) is 0 Å². The molecule has 0 aliphatic rings. The standard InChI is InChI=1S/C22H25FN4O2/c1-14(18-12-8-9-13-19(18)23)24-15(2)21(28)25-20-16(3)26(4)27(22(20)29)17-10-6-5-7-11-17/h5-15,24H,1-4H3,(H,25,28). The van der Waals surface area contributed by atoms with Gasteiger partial charge in [-0.2, -0.15) is 0 Å². The zero-order chi connectivity index (χ0) is 21.1. The SMILES string of the molecule is Cc1c(NC(=O)C(C)NC(C)c2ccccc2F)c(=O)n(-c2ccccc2)n1C. The number of nitrogens with zero attached hydrogens (tertiary/aromatic N) is 2. The molecule has 1 amide bonds. The number of para-hydroxylation sites is 1. The van der Waals surface area contributed by atoms with Gasteiger partial charge in [0.15, 0.2) is 0 Å². The van der Waals surface area contributed by atoms with Gasteiger partial charge in [-0.05, 0) is 39.0 Å². The molecule has 7 heteroatoms. The Hall–Kier alpha value is -3.19. The summed E-state index contributed by atoms with van der Waals surface area (Å²) in [6.07, 6.45) is 0. The summed E-state index contributed by atoms with van der Waals surface area (Å²) in [6.45, 7) is 5.25. The summed E-state index contributed by atoms with van der Waals surface area (Å²) in [5, 5.41) is 5.81. The molecular weight excluding hydrogens is 371 g/mol. The van der Waals surface area contributed by atoms with Gasteiger partial charge in [-0.1, -0.05) is 36.4 Å². The second kappa shape index (κ2) is 8.45. The maximum absolute atomic E-state index is 14.0. The van der Waals surface area contributed by atoms with E-state index in [0.717, 1.165) is 0 Å². The number of carbonyl (C=O) groups excluding carboxylic acids is 1. The van der Waals surface area contributed by atoms with Crippen LogP contribution in [0, 0.1) is 12.7 Å². The van der Waals surface area contributed by atoms with Crippen LogP contribution in [0.2, 0.25) is 0 Å². The molecule has 3 rings (SSSR count). The van der Waals surface area contributed by atoms with Crippen LogP contribution < -0.4 is 16.2 Å². The lowest BCUT2D eigenvalue weighted by Gasteiger charge is -2.20. The summed E-state index contributed by atoms with van der Waals surface area (Å²) in [5.41, 5.74) is 1.76. The first-order valence-electron chi connectivity index (χ1n) is 9.46. The van der Waals surface area contributed by atoms with Gasteiger partial charge in [0.1, 0.15) is 11.5 Å². The first kappa shape index (κ1) is 20.5. The van der Waals surface area contributed by atoms with E-state index in [4.69, 9.17) is 0 Å². The van der Waals surface area contributed by atoms with Crippen molar-refractivity contribution < 1.29 is 9.18 Å². The fraction of sp³-hybridized carbons (Fsp3) is 0.273. The van der Waals surface area contributed by atoms with Gasteiger partial charge in [0, 0.05) is 18.7 Å². The summed E-state index contributed by atoms with van der Waals surface area (Å²) in [6, 6.07) is 14.7. The minimum absolute atomic E-state index is 0.230. The molecule has 1 aromatic heterocycles. The molecule has 2 atom stereocenters. The Morgan fingerprint density at radius 1 is 1.03 bits per heavy atom. The van der Waals surface area contributed by atoms with Crippen LogP contribution in [0.25, 0.3) is 5.69 Å². The lowest BCUT2D eigenvalue weighted by atomic mass is 10.1. The van der Waals surface area contributed by atoms with Crippen LogP contribution in [-0.2, 0) is 11.8 Å². The molecule has 0 saturated heterocycles. The maximum atomic E-state index is 14.0. The van der Waals surface area contributed by atoms with E-state index in [-0.39, 0.29) is 29.0 Å². The molecule has 0 aliphatic heterocycles. The molecule has 2 N–H and O–H groups in total. The molecule has 0 spiro atoms. The number of halogens is 1. The van der Waals surface area contributed by atoms with E-state index in [1.807, 2.05) is 30.3 Å². The Balaban J connectivity index is 1.79. The molecule has 1 heterocycles. The third-order valence-electron chi connectivity index (χ3n) is 5.07. The number of aromatic nitrogens is 2. The molecule has 152 valence electrons. The molecule has 0 fully saturated rings. The quantitative estimate of drug-likeness (QED) is 0.672.